The summed E-state index contributed by atoms with van der Waals surface area (Å²) in [6, 6.07) is 7.28. The van der Waals surface area contributed by atoms with Crippen LogP contribution in [0.2, 0.25) is 5.02 Å². The van der Waals surface area contributed by atoms with Crippen molar-refractivity contribution in [1.82, 2.24) is 4.90 Å². The van der Waals surface area contributed by atoms with Crippen molar-refractivity contribution in [2.24, 2.45) is 17.8 Å². The molecule has 2 aliphatic rings. The number of amides is 2. The number of hydrogen-bond acceptors (Lipinski definition) is 2. The molecule has 136 valence electrons. The minimum absolute atomic E-state index is 0.0193. The standard InChI is InChI=1S/C20H27ClN2O2/c1-14-10-12-23(13-11-14)20(25)16-8-6-15(7-9-16)19(24)22-18-5-3-2-4-17(18)21/h2-5,14-16H,6-13H2,1H3,(H,22,24). The van der Waals surface area contributed by atoms with Crippen LogP contribution >= 0.6 is 11.6 Å². The molecule has 0 aromatic heterocycles. The zero-order valence-electron chi connectivity index (χ0n) is 14.8. The molecule has 0 spiro atoms. The van der Waals surface area contributed by atoms with Crippen LogP contribution in [0.4, 0.5) is 5.69 Å². The molecule has 2 fully saturated rings. The first-order valence-electron chi connectivity index (χ1n) is 9.38. The Labute approximate surface area is 154 Å². The maximum absolute atomic E-state index is 12.7. The summed E-state index contributed by atoms with van der Waals surface area (Å²) in [5.41, 5.74) is 0.662. The Hall–Kier alpha value is -1.55. The average molecular weight is 363 g/mol. The van der Waals surface area contributed by atoms with Gasteiger partial charge in [-0.25, -0.2) is 0 Å². The highest BCUT2D eigenvalue weighted by molar-refractivity contribution is 6.33. The molecule has 1 heterocycles. The first kappa shape index (κ1) is 18.2. The average Bonchev–Trinajstić information content (AvgIpc) is 2.64. The van der Waals surface area contributed by atoms with Gasteiger partial charge < -0.3 is 10.2 Å². The lowest BCUT2D eigenvalue weighted by Gasteiger charge is -2.35. The molecule has 1 saturated heterocycles. The van der Waals surface area contributed by atoms with Gasteiger partial charge in [-0.15, -0.1) is 0 Å². The number of para-hydroxylation sites is 1. The fourth-order valence-electron chi connectivity index (χ4n) is 3.89. The molecule has 4 nitrogen and oxygen atoms in total. The van der Waals surface area contributed by atoms with Crippen molar-refractivity contribution in [3.05, 3.63) is 29.3 Å². The van der Waals surface area contributed by atoms with Crippen molar-refractivity contribution in [2.45, 2.75) is 45.4 Å². The number of anilines is 1. The molecular formula is C20H27ClN2O2. The van der Waals surface area contributed by atoms with Crippen LogP contribution in [0.25, 0.3) is 0 Å². The van der Waals surface area contributed by atoms with Gasteiger partial charge in [0, 0.05) is 24.9 Å². The number of likely N-dealkylation sites (tertiary alicyclic amines) is 1. The minimum atomic E-state index is -0.0262. The predicted octanol–water partition coefficient (Wildman–Crippen LogP) is 4.34. The molecule has 1 saturated carbocycles. The fourth-order valence-corrected chi connectivity index (χ4v) is 4.07. The van der Waals surface area contributed by atoms with E-state index in [0.717, 1.165) is 57.5 Å². The summed E-state index contributed by atoms with van der Waals surface area (Å²) in [5.74, 6) is 1.12. The second kappa shape index (κ2) is 8.22. The number of carbonyl (C=O) groups is 2. The van der Waals surface area contributed by atoms with Crippen LogP contribution in [-0.2, 0) is 9.59 Å². The van der Waals surface area contributed by atoms with E-state index in [4.69, 9.17) is 11.6 Å². The van der Waals surface area contributed by atoms with Crippen LogP contribution < -0.4 is 5.32 Å². The Kier molecular flexibility index (Phi) is 6.00. The van der Waals surface area contributed by atoms with E-state index in [1.165, 1.54) is 0 Å². The third-order valence-corrected chi connectivity index (χ3v) is 6.00. The van der Waals surface area contributed by atoms with E-state index in [9.17, 15) is 9.59 Å². The van der Waals surface area contributed by atoms with Crippen LogP contribution in [0.5, 0.6) is 0 Å². The van der Waals surface area contributed by atoms with Crippen LogP contribution in [0, 0.1) is 17.8 Å². The number of piperidine rings is 1. The van der Waals surface area contributed by atoms with E-state index in [1.807, 2.05) is 23.1 Å². The van der Waals surface area contributed by atoms with Crippen molar-refractivity contribution in [3.8, 4) is 0 Å². The number of nitrogens with one attached hydrogen (secondary N) is 1. The number of hydrogen-bond donors (Lipinski definition) is 1. The number of nitrogens with zero attached hydrogens (tertiary/aromatic N) is 1. The number of rotatable bonds is 3. The Bertz CT molecular complexity index is 618. The van der Waals surface area contributed by atoms with Gasteiger partial charge in [0.1, 0.15) is 0 Å². The topological polar surface area (TPSA) is 49.4 Å². The normalized spacial score (nSPS) is 24.8. The summed E-state index contributed by atoms with van der Waals surface area (Å²) in [5, 5.41) is 3.48. The van der Waals surface area contributed by atoms with E-state index in [-0.39, 0.29) is 17.7 Å². The van der Waals surface area contributed by atoms with Crippen molar-refractivity contribution < 1.29 is 9.59 Å². The smallest absolute Gasteiger partial charge is 0.227 e. The Morgan fingerprint density at radius 3 is 2.24 bits per heavy atom. The summed E-state index contributed by atoms with van der Waals surface area (Å²) in [6.07, 6.45) is 5.40. The maximum atomic E-state index is 12.7. The van der Waals surface area contributed by atoms with Gasteiger partial charge in [-0.3, -0.25) is 9.59 Å². The van der Waals surface area contributed by atoms with E-state index in [0.29, 0.717) is 16.6 Å². The van der Waals surface area contributed by atoms with Crippen molar-refractivity contribution in [2.75, 3.05) is 18.4 Å². The Morgan fingerprint density at radius 2 is 1.60 bits per heavy atom. The van der Waals surface area contributed by atoms with Crippen molar-refractivity contribution in [3.63, 3.8) is 0 Å². The van der Waals surface area contributed by atoms with Gasteiger partial charge in [-0.1, -0.05) is 30.7 Å². The maximum Gasteiger partial charge on any atom is 0.227 e. The first-order valence-corrected chi connectivity index (χ1v) is 9.76. The quantitative estimate of drug-likeness (QED) is 0.869. The second-order valence-corrected chi connectivity index (χ2v) is 7.93. The third kappa shape index (κ3) is 4.55. The first-order chi connectivity index (χ1) is 12.0. The lowest BCUT2D eigenvalue weighted by Crippen LogP contribution is -2.42. The SMILES string of the molecule is CC1CCN(C(=O)C2CCC(C(=O)Nc3ccccc3Cl)CC2)CC1. The lowest BCUT2D eigenvalue weighted by molar-refractivity contribution is -0.139. The summed E-state index contributed by atoms with van der Waals surface area (Å²) in [4.78, 5) is 27.2. The van der Waals surface area contributed by atoms with E-state index in [2.05, 4.69) is 12.2 Å². The van der Waals surface area contributed by atoms with E-state index >= 15 is 0 Å². The van der Waals surface area contributed by atoms with Gasteiger partial charge in [-0.2, -0.15) is 0 Å². The van der Waals surface area contributed by atoms with Gasteiger partial charge in [0.25, 0.3) is 0 Å². The molecule has 0 bridgehead atoms. The van der Waals surface area contributed by atoms with E-state index < -0.39 is 0 Å². The molecular weight excluding hydrogens is 336 g/mol. The molecule has 5 heteroatoms. The molecule has 1 aromatic rings. The number of benzene rings is 1. The summed E-state index contributed by atoms with van der Waals surface area (Å²) < 4.78 is 0. The molecule has 1 aromatic carbocycles. The summed E-state index contributed by atoms with van der Waals surface area (Å²) in [7, 11) is 0. The summed E-state index contributed by atoms with van der Waals surface area (Å²) in [6.45, 7) is 4.05. The minimum Gasteiger partial charge on any atom is -0.342 e. The highest BCUT2D eigenvalue weighted by atomic mass is 35.5. The molecule has 25 heavy (non-hydrogen) atoms. The lowest BCUT2D eigenvalue weighted by atomic mass is 9.80. The fraction of sp³-hybridized carbons (Fsp3) is 0.600. The second-order valence-electron chi connectivity index (χ2n) is 7.53. The van der Waals surface area contributed by atoms with Crippen LogP contribution in [-0.4, -0.2) is 29.8 Å². The zero-order valence-corrected chi connectivity index (χ0v) is 15.6. The molecule has 0 radical (unpaired) electrons. The van der Waals surface area contributed by atoms with Crippen LogP contribution in [0.15, 0.2) is 24.3 Å². The van der Waals surface area contributed by atoms with Crippen molar-refractivity contribution >= 4 is 29.1 Å². The third-order valence-electron chi connectivity index (χ3n) is 5.67. The van der Waals surface area contributed by atoms with Gasteiger partial charge >= 0.3 is 0 Å². The zero-order chi connectivity index (χ0) is 17.8. The molecule has 3 rings (SSSR count). The largest absolute Gasteiger partial charge is 0.342 e. The van der Waals surface area contributed by atoms with Crippen LogP contribution in [0.1, 0.15) is 45.4 Å². The van der Waals surface area contributed by atoms with Gasteiger partial charge in [0.15, 0.2) is 0 Å². The van der Waals surface area contributed by atoms with Crippen molar-refractivity contribution in [1.29, 1.82) is 0 Å². The highest BCUT2D eigenvalue weighted by Gasteiger charge is 2.33. The highest BCUT2D eigenvalue weighted by Crippen LogP contribution is 2.32. The molecule has 0 unspecified atom stereocenters. The monoisotopic (exact) mass is 362 g/mol. The molecule has 1 aliphatic carbocycles. The predicted molar refractivity (Wildman–Crippen MR) is 101 cm³/mol. The van der Waals surface area contributed by atoms with Gasteiger partial charge in [-0.05, 0) is 56.6 Å². The molecule has 2 amide bonds. The van der Waals surface area contributed by atoms with E-state index in [1.54, 1.807) is 6.07 Å². The molecule has 0 atom stereocenters. The Morgan fingerprint density at radius 1 is 1.00 bits per heavy atom. The summed E-state index contributed by atoms with van der Waals surface area (Å²) >= 11 is 6.10. The van der Waals surface area contributed by atoms with Gasteiger partial charge in [0.05, 0.1) is 10.7 Å². The molecule has 1 aliphatic heterocycles. The molecule has 1 N–H and O–H groups in total. The number of halogens is 1. The number of carbonyl (C=O) groups excluding carboxylic acids is 2. The van der Waals surface area contributed by atoms with Gasteiger partial charge in [0.2, 0.25) is 11.8 Å². The van der Waals surface area contributed by atoms with Crippen LogP contribution in [0.3, 0.4) is 0 Å². The Balaban J connectivity index is 1.49.